The minimum absolute atomic E-state index is 0.0941. The van der Waals surface area contributed by atoms with E-state index in [0.717, 1.165) is 0 Å². The summed E-state index contributed by atoms with van der Waals surface area (Å²) in [5, 5.41) is 3.34. The van der Waals surface area contributed by atoms with E-state index in [1.807, 2.05) is 37.3 Å². The van der Waals surface area contributed by atoms with Gasteiger partial charge in [0.2, 0.25) is 15.9 Å². The van der Waals surface area contributed by atoms with Crippen LogP contribution in [-0.2, 0) is 14.8 Å². The maximum Gasteiger partial charge on any atom is 0.243 e. The highest BCUT2D eigenvalue weighted by atomic mass is 35.5. The monoisotopic (exact) mass is 514 g/mol. The third-order valence-corrected chi connectivity index (χ3v) is 7.81. The van der Waals surface area contributed by atoms with Gasteiger partial charge in [0.05, 0.1) is 23.1 Å². The molecule has 1 amide bonds. The molecular formula is C26H27ClN2O5S. The number of benzene rings is 3. The highest BCUT2D eigenvalue weighted by molar-refractivity contribution is 7.89. The van der Waals surface area contributed by atoms with Crippen LogP contribution in [0.5, 0.6) is 17.2 Å². The predicted octanol–water partition coefficient (Wildman–Crippen LogP) is 5.57. The molecule has 0 saturated carbocycles. The van der Waals surface area contributed by atoms with Gasteiger partial charge >= 0.3 is 0 Å². The van der Waals surface area contributed by atoms with E-state index in [4.69, 9.17) is 21.1 Å². The van der Waals surface area contributed by atoms with Crippen LogP contribution in [0.3, 0.4) is 0 Å². The molecule has 0 aromatic heterocycles. The highest BCUT2D eigenvalue weighted by Crippen LogP contribution is 2.33. The molecule has 9 heteroatoms. The van der Waals surface area contributed by atoms with Crippen molar-refractivity contribution in [3.63, 3.8) is 0 Å². The Hall–Kier alpha value is -3.07. The fourth-order valence-electron chi connectivity index (χ4n) is 3.94. The molecule has 4 rings (SSSR count). The number of nitrogens with one attached hydrogen (secondary N) is 1. The number of piperidine rings is 1. The van der Waals surface area contributed by atoms with Crippen molar-refractivity contribution in [2.45, 2.75) is 24.7 Å². The fourth-order valence-corrected chi connectivity index (χ4v) is 5.63. The number of carbonyl (C=O) groups is 1. The minimum atomic E-state index is -3.74. The van der Waals surface area contributed by atoms with Crippen molar-refractivity contribution in [1.82, 2.24) is 4.31 Å². The van der Waals surface area contributed by atoms with Crippen molar-refractivity contribution in [2.24, 2.45) is 5.92 Å². The highest BCUT2D eigenvalue weighted by Gasteiger charge is 2.33. The molecule has 0 aliphatic carbocycles. The fraction of sp³-hybridized carbons (Fsp3) is 0.269. The first-order valence-electron chi connectivity index (χ1n) is 11.4. The van der Waals surface area contributed by atoms with E-state index in [1.165, 1.54) is 16.4 Å². The van der Waals surface area contributed by atoms with Gasteiger partial charge < -0.3 is 14.8 Å². The van der Waals surface area contributed by atoms with Crippen molar-refractivity contribution in [3.05, 3.63) is 77.8 Å². The zero-order chi connectivity index (χ0) is 24.8. The molecule has 3 aromatic rings. The van der Waals surface area contributed by atoms with Crippen molar-refractivity contribution >= 4 is 33.2 Å². The number of ether oxygens (including phenoxy) is 2. The van der Waals surface area contributed by atoms with Gasteiger partial charge in [0, 0.05) is 18.1 Å². The zero-order valence-corrected chi connectivity index (χ0v) is 20.9. The molecule has 1 saturated heterocycles. The van der Waals surface area contributed by atoms with Crippen LogP contribution in [0.1, 0.15) is 19.8 Å². The molecule has 1 aliphatic heterocycles. The number of sulfonamides is 1. The van der Waals surface area contributed by atoms with E-state index in [2.05, 4.69) is 5.32 Å². The Bertz CT molecular complexity index is 1270. The molecule has 35 heavy (non-hydrogen) atoms. The molecule has 184 valence electrons. The molecular weight excluding hydrogens is 488 g/mol. The summed E-state index contributed by atoms with van der Waals surface area (Å²) < 4.78 is 39.1. The molecule has 0 bridgehead atoms. The van der Waals surface area contributed by atoms with Gasteiger partial charge in [0.1, 0.15) is 11.5 Å². The van der Waals surface area contributed by atoms with Crippen LogP contribution in [-0.4, -0.2) is 38.3 Å². The second-order valence-corrected chi connectivity index (χ2v) is 10.5. The van der Waals surface area contributed by atoms with Crippen LogP contribution in [0.2, 0.25) is 5.02 Å². The lowest BCUT2D eigenvalue weighted by atomic mass is 9.98. The van der Waals surface area contributed by atoms with Gasteiger partial charge in [-0.3, -0.25) is 4.79 Å². The average Bonchev–Trinajstić information content (AvgIpc) is 2.87. The molecule has 1 atom stereocenters. The molecule has 0 unspecified atom stereocenters. The summed E-state index contributed by atoms with van der Waals surface area (Å²) in [5.74, 6) is 0.887. The summed E-state index contributed by atoms with van der Waals surface area (Å²) in [5.41, 5.74) is 0.429. The first-order valence-corrected chi connectivity index (χ1v) is 13.2. The standard InChI is InChI=1S/C26H27ClN2O5S/c1-2-33-21-11-13-23(14-12-21)35(31,32)29-16-6-7-19(18-29)26(30)28-24-17-20(27)10-15-25(24)34-22-8-4-3-5-9-22/h3-5,8-15,17,19H,2,6-7,16,18H2,1H3,(H,28,30)/t19-/m1/s1. The van der Waals surface area contributed by atoms with E-state index in [9.17, 15) is 13.2 Å². The Morgan fingerprint density at radius 1 is 1.06 bits per heavy atom. The third-order valence-electron chi connectivity index (χ3n) is 5.70. The van der Waals surface area contributed by atoms with Gasteiger partial charge in [0.25, 0.3) is 0 Å². The molecule has 0 spiro atoms. The molecule has 1 heterocycles. The van der Waals surface area contributed by atoms with Gasteiger partial charge in [-0.25, -0.2) is 8.42 Å². The van der Waals surface area contributed by atoms with E-state index < -0.39 is 15.9 Å². The van der Waals surface area contributed by atoms with Crippen LogP contribution in [0.15, 0.2) is 77.7 Å². The van der Waals surface area contributed by atoms with E-state index in [-0.39, 0.29) is 17.3 Å². The predicted molar refractivity (Wildman–Crippen MR) is 136 cm³/mol. The van der Waals surface area contributed by atoms with Crippen molar-refractivity contribution < 1.29 is 22.7 Å². The number of nitrogens with zero attached hydrogens (tertiary/aromatic N) is 1. The maximum absolute atomic E-state index is 13.2. The summed E-state index contributed by atoms with van der Waals surface area (Å²) in [7, 11) is -3.74. The van der Waals surface area contributed by atoms with Crippen molar-refractivity contribution in [1.29, 1.82) is 0 Å². The number of anilines is 1. The van der Waals surface area contributed by atoms with Crippen LogP contribution >= 0.6 is 11.6 Å². The van der Waals surface area contributed by atoms with Crippen LogP contribution < -0.4 is 14.8 Å². The number of hydrogen-bond acceptors (Lipinski definition) is 5. The van der Waals surface area contributed by atoms with Crippen molar-refractivity contribution in [2.75, 3.05) is 25.0 Å². The van der Waals surface area contributed by atoms with Crippen LogP contribution in [0.25, 0.3) is 0 Å². The van der Waals surface area contributed by atoms with Crippen LogP contribution in [0, 0.1) is 5.92 Å². The zero-order valence-electron chi connectivity index (χ0n) is 19.3. The lowest BCUT2D eigenvalue weighted by molar-refractivity contribution is -0.120. The third kappa shape index (κ3) is 6.14. The van der Waals surface area contributed by atoms with Gasteiger partial charge in [-0.05, 0) is 74.4 Å². The summed E-state index contributed by atoms with van der Waals surface area (Å²) in [6, 6.07) is 20.5. The second kappa shape index (κ2) is 11.1. The molecule has 1 N–H and O–H groups in total. The average molecular weight is 515 g/mol. The molecule has 3 aromatic carbocycles. The van der Waals surface area contributed by atoms with Gasteiger partial charge in [-0.15, -0.1) is 0 Å². The first kappa shape index (κ1) is 25.0. The Balaban J connectivity index is 1.47. The normalized spacial score (nSPS) is 16.5. The number of amides is 1. The summed E-state index contributed by atoms with van der Waals surface area (Å²) in [6.45, 7) is 2.82. The number of halogens is 1. The van der Waals surface area contributed by atoms with Crippen LogP contribution in [0.4, 0.5) is 5.69 Å². The van der Waals surface area contributed by atoms with Crippen molar-refractivity contribution in [3.8, 4) is 17.2 Å². The minimum Gasteiger partial charge on any atom is -0.494 e. The SMILES string of the molecule is CCOc1ccc(S(=O)(=O)N2CCC[C@@H](C(=O)Nc3cc(Cl)ccc3Oc3ccccc3)C2)cc1. The molecule has 1 fully saturated rings. The Morgan fingerprint density at radius 2 is 1.80 bits per heavy atom. The van der Waals surface area contributed by atoms with Gasteiger partial charge in [-0.2, -0.15) is 4.31 Å². The topological polar surface area (TPSA) is 84.9 Å². The van der Waals surface area contributed by atoms with Gasteiger partial charge in [-0.1, -0.05) is 29.8 Å². The quantitative estimate of drug-likeness (QED) is 0.424. The first-order chi connectivity index (χ1) is 16.9. The van der Waals surface area contributed by atoms with E-state index in [1.54, 1.807) is 30.3 Å². The maximum atomic E-state index is 13.2. The number of para-hydroxylation sites is 1. The van der Waals surface area contributed by atoms with E-state index in [0.29, 0.717) is 54.0 Å². The number of hydrogen-bond donors (Lipinski definition) is 1. The van der Waals surface area contributed by atoms with Gasteiger partial charge in [0.15, 0.2) is 5.75 Å². The number of carbonyl (C=O) groups excluding carboxylic acids is 1. The number of rotatable bonds is 8. The summed E-state index contributed by atoms with van der Waals surface area (Å²) in [4.78, 5) is 13.3. The second-order valence-electron chi connectivity index (χ2n) is 8.15. The Kier molecular flexibility index (Phi) is 7.95. The Labute approximate surface area is 210 Å². The molecule has 0 radical (unpaired) electrons. The lowest BCUT2D eigenvalue weighted by Gasteiger charge is -2.31. The lowest BCUT2D eigenvalue weighted by Crippen LogP contribution is -2.43. The summed E-state index contributed by atoms with van der Waals surface area (Å²) >= 11 is 6.17. The largest absolute Gasteiger partial charge is 0.494 e. The summed E-state index contributed by atoms with van der Waals surface area (Å²) in [6.07, 6.45) is 1.16. The molecule has 7 nitrogen and oxygen atoms in total. The molecule has 1 aliphatic rings. The smallest absolute Gasteiger partial charge is 0.243 e. The Morgan fingerprint density at radius 3 is 2.51 bits per heavy atom. The van der Waals surface area contributed by atoms with E-state index >= 15 is 0 Å².